The van der Waals surface area contributed by atoms with Crippen molar-refractivity contribution in [1.82, 2.24) is 19.7 Å². The molecule has 0 spiro atoms. The molecule has 0 fully saturated rings. The third kappa shape index (κ3) is 5.85. The van der Waals surface area contributed by atoms with Gasteiger partial charge in [-0.15, -0.1) is 0 Å². The number of aromatic nitrogens is 3. The fourth-order valence-corrected chi connectivity index (χ4v) is 3.83. The van der Waals surface area contributed by atoms with Crippen molar-refractivity contribution >= 4 is 56.6 Å². The third-order valence-corrected chi connectivity index (χ3v) is 6.16. The number of benzene rings is 1. The summed E-state index contributed by atoms with van der Waals surface area (Å²) in [5.41, 5.74) is 1.31. The zero-order chi connectivity index (χ0) is 24.5. The minimum absolute atomic E-state index is 0. The van der Waals surface area contributed by atoms with Crippen molar-refractivity contribution < 1.29 is 22.0 Å². The Balaban J connectivity index is 0.00000342. The molecule has 0 radical (unpaired) electrons. The number of nitrogens with one attached hydrogen (secondary N) is 2. The van der Waals surface area contributed by atoms with Crippen molar-refractivity contribution in [2.24, 2.45) is 0 Å². The minimum atomic E-state index is -3.96. The molecule has 3 aromatic heterocycles. The van der Waals surface area contributed by atoms with Crippen LogP contribution in [0.1, 0.15) is 22.3 Å². The van der Waals surface area contributed by atoms with E-state index in [4.69, 9.17) is 9.15 Å². The Labute approximate surface area is 222 Å². The molecule has 35 heavy (non-hydrogen) atoms. The summed E-state index contributed by atoms with van der Waals surface area (Å²) in [5.74, 6) is -0.936. The summed E-state index contributed by atoms with van der Waals surface area (Å²) < 4.78 is 53.6. The first-order valence-corrected chi connectivity index (χ1v) is 11.5. The topological polar surface area (TPSA) is 136 Å². The van der Waals surface area contributed by atoms with Crippen molar-refractivity contribution in [3.63, 3.8) is 0 Å². The van der Waals surface area contributed by atoms with E-state index in [2.05, 4.69) is 15.0 Å². The molecule has 2 N–H and O–H groups in total. The maximum absolute atomic E-state index is 14.9. The Morgan fingerprint density at radius 3 is 2.51 bits per heavy atom. The average molecular weight is 509 g/mol. The zero-order valence-electron chi connectivity index (χ0n) is 18.4. The van der Waals surface area contributed by atoms with Crippen LogP contribution in [0.3, 0.4) is 0 Å². The first-order valence-electron chi connectivity index (χ1n) is 10.0. The van der Waals surface area contributed by atoms with Gasteiger partial charge in [0.2, 0.25) is 0 Å². The van der Waals surface area contributed by atoms with E-state index in [0.29, 0.717) is 22.3 Å². The van der Waals surface area contributed by atoms with E-state index in [1.807, 2.05) is 16.4 Å². The second kappa shape index (κ2) is 10.8. The van der Waals surface area contributed by atoms with Gasteiger partial charge in [0.1, 0.15) is 11.3 Å². The van der Waals surface area contributed by atoms with E-state index in [1.54, 1.807) is 37.5 Å². The van der Waals surface area contributed by atoms with Gasteiger partial charge in [-0.1, -0.05) is 0 Å². The van der Waals surface area contributed by atoms with E-state index in [0.717, 1.165) is 5.56 Å². The first-order chi connectivity index (χ1) is 16.2. The van der Waals surface area contributed by atoms with Crippen molar-refractivity contribution in [2.75, 3.05) is 11.8 Å². The van der Waals surface area contributed by atoms with Gasteiger partial charge in [0.15, 0.2) is 11.6 Å². The van der Waals surface area contributed by atoms with Crippen molar-refractivity contribution in [2.45, 2.75) is 20.3 Å². The Kier molecular flexibility index (Phi) is 8.23. The average Bonchev–Trinajstić information content (AvgIpc) is 2.81. The number of nitrogens with zero attached hydrogens (tertiary/aromatic N) is 3. The summed E-state index contributed by atoms with van der Waals surface area (Å²) in [6.07, 6.45) is 4.22. The van der Waals surface area contributed by atoms with Gasteiger partial charge >= 0.3 is 41.2 Å². The van der Waals surface area contributed by atoms with Gasteiger partial charge in [0.05, 0.1) is 0 Å². The fraction of sp³-hybridized carbons (Fsp3) is 0.182. The van der Waals surface area contributed by atoms with Crippen LogP contribution in [-0.4, -0.2) is 60.0 Å². The predicted octanol–water partition coefficient (Wildman–Crippen LogP) is 2.34. The summed E-state index contributed by atoms with van der Waals surface area (Å²) in [5, 5.41) is 0.652. The number of fused-ring (bicyclic) bond motifs is 1. The summed E-state index contributed by atoms with van der Waals surface area (Å²) in [7, 11) is -2.79. The quantitative estimate of drug-likeness (QED) is 0.286. The Bertz CT molecular complexity index is 1550. The molecule has 10 nitrogen and oxygen atoms in total. The number of rotatable bonds is 7. The summed E-state index contributed by atoms with van der Waals surface area (Å²) in [4.78, 5) is 24.6. The van der Waals surface area contributed by atoms with E-state index in [1.165, 1.54) is 19.3 Å². The number of ether oxygens (including phenoxy) is 1. The second-order valence-electron chi connectivity index (χ2n) is 7.36. The van der Waals surface area contributed by atoms with Crippen molar-refractivity contribution in [1.29, 1.82) is 0 Å². The molecule has 0 aliphatic carbocycles. The van der Waals surface area contributed by atoms with Crippen LogP contribution in [-0.2, 0) is 16.6 Å². The standard InChI is InChI=1S/C22H20FN5O5S.Na.H/c1-12-9-15-13(2)16(10-14-5-8-25-20(19(14)23)28-34(30,31)24-3)21(29)32-18(15)11-17(12)33-22-26-6-4-7-27-22;;/h4-9,11,24H,10H2,1-3H3,(H,25,28);;. The molecule has 1 aromatic carbocycles. The van der Waals surface area contributed by atoms with E-state index < -0.39 is 27.5 Å². The molecule has 0 amide bonds. The Morgan fingerprint density at radius 2 is 1.83 bits per heavy atom. The van der Waals surface area contributed by atoms with Crippen molar-refractivity contribution in [3.05, 3.63) is 81.3 Å². The molecule has 0 saturated carbocycles. The van der Waals surface area contributed by atoms with Crippen LogP contribution in [0, 0.1) is 19.7 Å². The van der Waals surface area contributed by atoms with Crippen LogP contribution in [0.25, 0.3) is 11.0 Å². The van der Waals surface area contributed by atoms with Crippen molar-refractivity contribution in [3.8, 4) is 11.8 Å². The Hall–Kier alpha value is -2.90. The maximum atomic E-state index is 14.9. The Morgan fingerprint density at radius 1 is 1.11 bits per heavy atom. The van der Waals surface area contributed by atoms with Gasteiger partial charge in [-0.05, 0) is 48.7 Å². The normalized spacial score (nSPS) is 11.2. The summed E-state index contributed by atoms with van der Waals surface area (Å²) in [6.45, 7) is 3.56. The first kappa shape index (κ1) is 26.7. The number of aryl methyl sites for hydroxylation is 2. The molecule has 4 aromatic rings. The molecule has 0 unspecified atom stereocenters. The van der Waals surface area contributed by atoms with Gasteiger partial charge in [-0.3, -0.25) is 4.72 Å². The zero-order valence-corrected chi connectivity index (χ0v) is 19.2. The van der Waals surface area contributed by atoms with Crippen LogP contribution >= 0.6 is 0 Å². The van der Waals surface area contributed by atoms with Gasteiger partial charge in [0.25, 0.3) is 10.2 Å². The van der Waals surface area contributed by atoms with E-state index >= 15 is 0 Å². The van der Waals surface area contributed by atoms with E-state index in [9.17, 15) is 17.6 Å². The molecular formula is C22H21FN5NaO5S. The van der Waals surface area contributed by atoms with Gasteiger partial charge in [-0.25, -0.2) is 28.9 Å². The van der Waals surface area contributed by atoms with Crippen LogP contribution in [0.2, 0.25) is 0 Å². The van der Waals surface area contributed by atoms with Gasteiger partial charge in [-0.2, -0.15) is 8.42 Å². The molecule has 0 saturated heterocycles. The van der Waals surface area contributed by atoms with Gasteiger partial charge < -0.3 is 9.15 Å². The third-order valence-electron chi connectivity index (χ3n) is 5.16. The van der Waals surface area contributed by atoms with Crippen LogP contribution in [0.15, 0.2) is 52.1 Å². The number of hydrogen-bond acceptors (Lipinski definition) is 8. The monoisotopic (exact) mass is 509 g/mol. The number of anilines is 1. The molecule has 0 bridgehead atoms. The molecule has 4 rings (SSSR count). The molecule has 178 valence electrons. The number of pyridine rings is 1. The molecular weight excluding hydrogens is 488 g/mol. The summed E-state index contributed by atoms with van der Waals surface area (Å²) in [6, 6.07) is 6.56. The second-order valence-corrected chi connectivity index (χ2v) is 8.98. The number of hydrogen-bond donors (Lipinski definition) is 2. The van der Waals surface area contributed by atoms with Gasteiger partial charge in [0, 0.05) is 49.1 Å². The molecule has 0 aliphatic rings. The van der Waals surface area contributed by atoms with E-state index in [-0.39, 0.29) is 53.1 Å². The fourth-order valence-electron chi connectivity index (χ4n) is 3.34. The summed E-state index contributed by atoms with van der Waals surface area (Å²) >= 11 is 0. The van der Waals surface area contributed by atoms with Crippen LogP contribution in [0.5, 0.6) is 11.8 Å². The predicted molar refractivity (Wildman–Crippen MR) is 130 cm³/mol. The molecule has 13 heteroatoms. The van der Waals surface area contributed by atoms with Crippen LogP contribution in [0.4, 0.5) is 10.2 Å². The number of halogens is 1. The van der Waals surface area contributed by atoms with Crippen LogP contribution < -0.4 is 19.8 Å². The SMILES string of the molecule is CNS(=O)(=O)Nc1nccc(Cc2c(C)c3cc(C)c(Oc4ncccn4)cc3oc2=O)c1F.[NaH]. The molecule has 0 aliphatic heterocycles. The molecule has 0 atom stereocenters. The molecule has 3 heterocycles.